The Morgan fingerprint density at radius 2 is 2.07 bits per heavy atom. The number of carbonyl (C=O) groups excluding carboxylic acids is 1. The fourth-order valence-electron chi connectivity index (χ4n) is 1.52. The number of hydrazine groups is 1. The maximum Gasteiger partial charge on any atom is 0.336 e. The first-order chi connectivity index (χ1) is 6.68. The van der Waals surface area contributed by atoms with Gasteiger partial charge in [-0.1, -0.05) is 18.2 Å². The van der Waals surface area contributed by atoms with E-state index in [2.05, 4.69) is 5.32 Å². The first kappa shape index (κ1) is 9.02. The largest absolute Gasteiger partial charge is 0.336 e. The van der Waals surface area contributed by atoms with Crippen LogP contribution in [0.2, 0.25) is 0 Å². The molecule has 0 radical (unpaired) electrons. The summed E-state index contributed by atoms with van der Waals surface area (Å²) in [5.41, 5.74) is 2.05. The van der Waals surface area contributed by atoms with Gasteiger partial charge in [-0.3, -0.25) is 5.01 Å². The number of carbonyl (C=O) groups is 1. The van der Waals surface area contributed by atoms with Gasteiger partial charge < -0.3 is 5.32 Å². The van der Waals surface area contributed by atoms with Crippen LogP contribution in [-0.4, -0.2) is 30.1 Å². The minimum Gasteiger partial charge on any atom is -0.306 e. The van der Waals surface area contributed by atoms with Gasteiger partial charge in [-0.15, -0.1) is 0 Å². The van der Waals surface area contributed by atoms with E-state index in [0.29, 0.717) is 6.54 Å². The lowest BCUT2D eigenvalue weighted by atomic mass is 10.1. The highest BCUT2D eigenvalue weighted by Gasteiger charge is 2.23. The van der Waals surface area contributed by atoms with Gasteiger partial charge in [-0.05, 0) is 11.6 Å². The second kappa shape index (κ2) is 3.31. The normalized spacial score (nSPS) is 15.4. The number of amides is 2. The van der Waals surface area contributed by atoms with E-state index in [-0.39, 0.29) is 6.03 Å². The highest BCUT2D eigenvalue weighted by Crippen LogP contribution is 2.22. The van der Waals surface area contributed by atoms with Crippen LogP contribution in [-0.2, 0) is 6.54 Å². The molecule has 0 aromatic heterocycles. The van der Waals surface area contributed by atoms with Crippen molar-refractivity contribution in [3.05, 3.63) is 29.8 Å². The number of urea groups is 1. The highest BCUT2D eigenvalue weighted by molar-refractivity contribution is 5.91. The fourth-order valence-corrected chi connectivity index (χ4v) is 1.52. The maximum absolute atomic E-state index is 11.6. The molecule has 0 bridgehead atoms. The maximum atomic E-state index is 11.6. The van der Waals surface area contributed by atoms with E-state index in [1.165, 1.54) is 0 Å². The number of benzene rings is 1. The quantitative estimate of drug-likeness (QED) is 0.730. The molecule has 1 heterocycles. The van der Waals surface area contributed by atoms with Gasteiger partial charge in [0.05, 0.1) is 6.54 Å². The average molecular weight is 191 g/mol. The lowest BCUT2D eigenvalue weighted by Crippen LogP contribution is -2.46. The van der Waals surface area contributed by atoms with Crippen LogP contribution in [0.3, 0.4) is 0 Å². The molecule has 14 heavy (non-hydrogen) atoms. The molecule has 4 nitrogen and oxygen atoms in total. The van der Waals surface area contributed by atoms with Gasteiger partial charge in [0.1, 0.15) is 0 Å². The minimum absolute atomic E-state index is 0.0753. The summed E-state index contributed by atoms with van der Waals surface area (Å²) in [6, 6.07) is 7.76. The predicted octanol–water partition coefficient (Wildman–Crippen LogP) is 1.51. The van der Waals surface area contributed by atoms with Crippen molar-refractivity contribution < 1.29 is 4.79 Å². The molecule has 0 spiro atoms. The predicted molar refractivity (Wildman–Crippen MR) is 54.7 cm³/mol. The van der Waals surface area contributed by atoms with E-state index in [1.54, 1.807) is 10.0 Å². The Morgan fingerprint density at radius 3 is 2.79 bits per heavy atom. The van der Waals surface area contributed by atoms with Crippen LogP contribution in [0.5, 0.6) is 0 Å². The fraction of sp³-hybridized carbons (Fsp3) is 0.300. The third-order valence-electron chi connectivity index (χ3n) is 2.30. The summed E-state index contributed by atoms with van der Waals surface area (Å²) in [4.78, 5) is 11.6. The summed E-state index contributed by atoms with van der Waals surface area (Å²) >= 11 is 0. The number of hydrogen-bond acceptors (Lipinski definition) is 2. The lowest BCUT2D eigenvalue weighted by molar-refractivity contribution is 0.0616. The van der Waals surface area contributed by atoms with Gasteiger partial charge in [0.25, 0.3) is 0 Å². The summed E-state index contributed by atoms with van der Waals surface area (Å²) in [5, 5.41) is 6.27. The molecule has 1 aromatic carbocycles. The van der Waals surface area contributed by atoms with Crippen LogP contribution >= 0.6 is 0 Å². The second-order valence-corrected chi connectivity index (χ2v) is 3.49. The number of nitrogens with zero attached hydrogens (tertiary/aromatic N) is 2. The molecule has 0 unspecified atom stereocenters. The zero-order valence-corrected chi connectivity index (χ0v) is 8.32. The molecular weight excluding hydrogens is 178 g/mol. The summed E-state index contributed by atoms with van der Waals surface area (Å²) < 4.78 is 0. The van der Waals surface area contributed by atoms with Gasteiger partial charge in [-0.25, -0.2) is 9.80 Å². The van der Waals surface area contributed by atoms with Gasteiger partial charge in [0.15, 0.2) is 0 Å². The molecule has 74 valence electrons. The van der Waals surface area contributed by atoms with E-state index < -0.39 is 0 Å². The van der Waals surface area contributed by atoms with Gasteiger partial charge in [0.2, 0.25) is 0 Å². The van der Waals surface area contributed by atoms with E-state index in [4.69, 9.17) is 0 Å². The molecule has 1 N–H and O–H groups in total. The third-order valence-corrected chi connectivity index (χ3v) is 2.30. The van der Waals surface area contributed by atoms with Crippen LogP contribution in [0.15, 0.2) is 24.3 Å². The smallest absolute Gasteiger partial charge is 0.306 e. The Bertz CT molecular complexity index is 362. The third kappa shape index (κ3) is 1.44. The van der Waals surface area contributed by atoms with Crippen LogP contribution in [0, 0.1) is 0 Å². The monoisotopic (exact) mass is 191 g/mol. The molecule has 2 amide bonds. The summed E-state index contributed by atoms with van der Waals surface area (Å²) in [6.07, 6.45) is 0. The topological polar surface area (TPSA) is 35.6 Å². The Kier molecular flexibility index (Phi) is 2.13. The van der Waals surface area contributed by atoms with E-state index >= 15 is 0 Å². The molecule has 0 aliphatic carbocycles. The van der Waals surface area contributed by atoms with Crippen molar-refractivity contribution in [2.24, 2.45) is 0 Å². The van der Waals surface area contributed by atoms with Gasteiger partial charge in [-0.2, -0.15) is 0 Å². The van der Waals surface area contributed by atoms with Crippen molar-refractivity contribution in [2.75, 3.05) is 19.4 Å². The van der Waals surface area contributed by atoms with Crippen LogP contribution in [0.4, 0.5) is 10.5 Å². The Morgan fingerprint density at radius 1 is 1.36 bits per heavy atom. The van der Waals surface area contributed by atoms with Crippen molar-refractivity contribution in [1.29, 1.82) is 0 Å². The van der Waals surface area contributed by atoms with Crippen molar-refractivity contribution in [3.63, 3.8) is 0 Å². The zero-order valence-electron chi connectivity index (χ0n) is 8.32. The molecule has 4 heteroatoms. The van der Waals surface area contributed by atoms with Crippen molar-refractivity contribution >= 4 is 11.7 Å². The van der Waals surface area contributed by atoms with Gasteiger partial charge in [0, 0.05) is 19.8 Å². The number of nitrogens with one attached hydrogen (secondary N) is 1. The average Bonchev–Trinajstić information content (AvgIpc) is 2.16. The number of fused-ring (bicyclic) bond motifs is 1. The molecule has 0 saturated carbocycles. The van der Waals surface area contributed by atoms with Crippen LogP contribution in [0.1, 0.15) is 5.56 Å². The van der Waals surface area contributed by atoms with Crippen LogP contribution < -0.4 is 5.32 Å². The Hall–Kier alpha value is -1.55. The standard InChI is InChI=1S/C10H13N3O/c1-12(2)13-7-8-5-3-4-6-9(8)11-10(13)14/h3-6H,7H2,1-2H3,(H,11,14). The molecule has 0 atom stereocenters. The molecule has 0 fully saturated rings. The van der Waals surface area contributed by atoms with E-state index in [1.807, 2.05) is 38.4 Å². The molecule has 1 aromatic rings. The number of para-hydroxylation sites is 1. The van der Waals surface area contributed by atoms with Crippen molar-refractivity contribution in [3.8, 4) is 0 Å². The summed E-state index contributed by atoms with van der Waals surface area (Å²) in [6.45, 7) is 0.634. The molecule has 1 aliphatic rings. The first-order valence-electron chi connectivity index (χ1n) is 4.52. The Balaban J connectivity index is 2.31. The van der Waals surface area contributed by atoms with Crippen molar-refractivity contribution in [2.45, 2.75) is 6.54 Å². The minimum atomic E-state index is -0.0753. The second-order valence-electron chi connectivity index (χ2n) is 3.49. The van der Waals surface area contributed by atoms with E-state index in [0.717, 1.165) is 11.3 Å². The van der Waals surface area contributed by atoms with E-state index in [9.17, 15) is 4.79 Å². The molecule has 2 rings (SSSR count). The van der Waals surface area contributed by atoms with Gasteiger partial charge >= 0.3 is 6.03 Å². The molecule has 0 saturated heterocycles. The zero-order chi connectivity index (χ0) is 10.1. The SMILES string of the molecule is CN(C)N1Cc2ccccc2NC1=O. The molecular formula is C10H13N3O. The number of anilines is 1. The summed E-state index contributed by atoms with van der Waals surface area (Å²) in [7, 11) is 3.71. The highest BCUT2D eigenvalue weighted by atomic mass is 16.2. The molecule has 1 aliphatic heterocycles. The van der Waals surface area contributed by atoms with Crippen molar-refractivity contribution in [1.82, 2.24) is 10.0 Å². The first-order valence-corrected chi connectivity index (χ1v) is 4.52. The lowest BCUT2D eigenvalue weighted by Gasteiger charge is -2.33. The number of rotatable bonds is 1. The Labute approximate surface area is 83.1 Å². The number of hydrogen-bond donors (Lipinski definition) is 1. The summed E-state index contributed by atoms with van der Waals surface area (Å²) in [5.74, 6) is 0. The van der Waals surface area contributed by atoms with Crippen LogP contribution in [0.25, 0.3) is 0 Å².